The number of aromatic nitrogens is 4. The summed E-state index contributed by atoms with van der Waals surface area (Å²) in [7, 11) is 1.64. The largest absolute Gasteiger partial charge is 0.497 e. The van der Waals surface area contributed by atoms with Crippen LogP contribution in [0.4, 0.5) is 24.1 Å². The summed E-state index contributed by atoms with van der Waals surface area (Å²) in [5.41, 5.74) is 1.39. The van der Waals surface area contributed by atoms with Gasteiger partial charge in [-0.25, -0.2) is 15.0 Å². The van der Waals surface area contributed by atoms with Gasteiger partial charge in [-0.2, -0.15) is 13.2 Å². The zero-order valence-corrected chi connectivity index (χ0v) is 19.6. The van der Waals surface area contributed by atoms with Gasteiger partial charge in [0.2, 0.25) is 0 Å². The zero-order chi connectivity index (χ0) is 24.8. The molecule has 0 radical (unpaired) electrons. The molecule has 0 aliphatic carbocycles. The van der Waals surface area contributed by atoms with Crippen molar-refractivity contribution in [2.75, 3.05) is 12.4 Å². The Labute approximate surface area is 203 Å². The number of ether oxygens (including phenoxy) is 1. The Hall–Kier alpha value is -4.05. The Bertz CT molecular complexity index is 1410. The molecule has 1 N–H and O–H groups in total. The van der Waals surface area contributed by atoms with E-state index in [0.29, 0.717) is 11.6 Å². The number of benzene rings is 2. The average Bonchev–Trinajstić information content (AvgIpc) is 3.37. The molecular weight excluding hydrogens is 475 g/mol. The standard InChI is InChI=1S/C17H13N5OS.C8H7F3/c1-23-12-4-5-14-13(9-12)16(22-17-19-7-8-24-17)21-15(20-14)11-3-2-6-18-10-11;1-6-4-2-3-5-7(6)8(9,10)11/h2-10H,1H3,(H,19,20,21,22);2-5H,1H3. The summed E-state index contributed by atoms with van der Waals surface area (Å²) in [6, 6.07) is 15.0. The molecule has 2 aromatic carbocycles. The van der Waals surface area contributed by atoms with Crippen molar-refractivity contribution in [3.8, 4) is 17.1 Å². The third kappa shape index (κ3) is 5.90. The Morgan fingerprint density at radius 1 is 0.971 bits per heavy atom. The van der Waals surface area contributed by atoms with Crippen LogP contribution < -0.4 is 10.1 Å². The first-order valence-corrected chi connectivity index (χ1v) is 11.3. The maximum absolute atomic E-state index is 12.0. The zero-order valence-electron chi connectivity index (χ0n) is 18.7. The molecule has 0 saturated heterocycles. The van der Waals surface area contributed by atoms with E-state index in [1.165, 1.54) is 30.4 Å². The van der Waals surface area contributed by atoms with E-state index in [-0.39, 0.29) is 5.56 Å². The van der Waals surface area contributed by atoms with Crippen molar-refractivity contribution < 1.29 is 17.9 Å². The summed E-state index contributed by atoms with van der Waals surface area (Å²) in [6.07, 6.45) is 1.01. The number of anilines is 2. The van der Waals surface area contributed by atoms with Crippen molar-refractivity contribution in [2.45, 2.75) is 13.1 Å². The van der Waals surface area contributed by atoms with Gasteiger partial charge in [-0.3, -0.25) is 4.98 Å². The van der Waals surface area contributed by atoms with Crippen molar-refractivity contribution in [3.05, 3.63) is 89.7 Å². The van der Waals surface area contributed by atoms with E-state index in [0.717, 1.165) is 33.4 Å². The predicted octanol–water partition coefficient (Wildman–Crippen LogP) is 6.91. The van der Waals surface area contributed by atoms with Crippen molar-refractivity contribution in [1.82, 2.24) is 19.9 Å². The van der Waals surface area contributed by atoms with Gasteiger partial charge < -0.3 is 10.1 Å². The summed E-state index contributed by atoms with van der Waals surface area (Å²) >= 11 is 1.51. The number of methoxy groups -OCH3 is 1. The molecule has 0 unspecified atom stereocenters. The summed E-state index contributed by atoms with van der Waals surface area (Å²) in [4.78, 5) is 17.7. The lowest BCUT2D eigenvalue weighted by Crippen LogP contribution is -2.06. The second kappa shape index (κ2) is 10.5. The van der Waals surface area contributed by atoms with Crippen LogP contribution in [-0.4, -0.2) is 27.0 Å². The Morgan fingerprint density at radius 3 is 2.43 bits per heavy atom. The van der Waals surface area contributed by atoms with Crippen molar-refractivity contribution in [1.29, 1.82) is 0 Å². The van der Waals surface area contributed by atoms with Gasteiger partial charge in [0.15, 0.2) is 11.0 Å². The third-order valence-corrected chi connectivity index (χ3v) is 5.62. The van der Waals surface area contributed by atoms with Crippen LogP contribution in [-0.2, 0) is 6.18 Å². The minimum Gasteiger partial charge on any atom is -0.497 e. The Balaban J connectivity index is 0.000000221. The van der Waals surface area contributed by atoms with Crippen LogP contribution in [0.1, 0.15) is 11.1 Å². The minimum absolute atomic E-state index is 0.264. The second-order valence-corrected chi connectivity index (χ2v) is 8.19. The number of pyridine rings is 1. The molecule has 0 amide bonds. The van der Waals surface area contributed by atoms with E-state index in [1.807, 2.05) is 35.7 Å². The first kappa shape index (κ1) is 24.1. The van der Waals surface area contributed by atoms with E-state index in [9.17, 15) is 13.2 Å². The first-order valence-electron chi connectivity index (χ1n) is 10.4. The molecule has 3 aromatic heterocycles. The number of halogens is 3. The van der Waals surface area contributed by atoms with Gasteiger partial charge in [-0.05, 0) is 48.9 Å². The van der Waals surface area contributed by atoms with Crippen LogP contribution in [0, 0.1) is 6.92 Å². The topological polar surface area (TPSA) is 72.8 Å². The molecule has 5 aromatic rings. The molecule has 10 heteroatoms. The van der Waals surface area contributed by atoms with Crippen LogP contribution >= 0.6 is 11.3 Å². The molecule has 0 saturated carbocycles. The molecule has 0 bridgehead atoms. The molecule has 3 heterocycles. The van der Waals surface area contributed by atoms with Crippen LogP contribution in [0.3, 0.4) is 0 Å². The predicted molar refractivity (Wildman–Crippen MR) is 131 cm³/mol. The number of hydrogen-bond donors (Lipinski definition) is 1. The van der Waals surface area contributed by atoms with E-state index >= 15 is 0 Å². The Kier molecular flexibility index (Phi) is 7.21. The highest BCUT2D eigenvalue weighted by Gasteiger charge is 2.31. The number of nitrogens with one attached hydrogen (secondary N) is 1. The van der Waals surface area contributed by atoms with E-state index in [2.05, 4.69) is 25.3 Å². The fourth-order valence-electron chi connectivity index (χ4n) is 3.23. The normalized spacial score (nSPS) is 11.0. The SMILES string of the molecule is COc1ccc2nc(-c3cccnc3)nc(Nc3nccs3)c2c1.Cc1ccccc1C(F)(F)F. The van der Waals surface area contributed by atoms with Gasteiger partial charge in [0.25, 0.3) is 0 Å². The van der Waals surface area contributed by atoms with E-state index in [1.54, 1.807) is 31.8 Å². The van der Waals surface area contributed by atoms with Crippen LogP contribution in [0.2, 0.25) is 0 Å². The third-order valence-electron chi connectivity index (χ3n) is 4.93. The van der Waals surface area contributed by atoms with Crippen molar-refractivity contribution >= 4 is 33.2 Å². The lowest BCUT2D eigenvalue weighted by molar-refractivity contribution is -0.138. The molecule has 0 spiro atoms. The summed E-state index contributed by atoms with van der Waals surface area (Å²) in [5, 5.41) is 6.83. The Morgan fingerprint density at radius 2 is 1.80 bits per heavy atom. The molecular formula is C25H20F3N5OS. The number of fused-ring (bicyclic) bond motifs is 1. The molecule has 0 aliphatic rings. The molecule has 35 heavy (non-hydrogen) atoms. The number of hydrogen-bond acceptors (Lipinski definition) is 7. The van der Waals surface area contributed by atoms with Gasteiger partial charge in [0, 0.05) is 34.9 Å². The molecule has 0 atom stereocenters. The number of rotatable bonds is 4. The second-order valence-electron chi connectivity index (χ2n) is 7.30. The number of thiazole rings is 1. The molecule has 5 rings (SSSR count). The quantitative estimate of drug-likeness (QED) is 0.292. The number of nitrogens with zero attached hydrogens (tertiary/aromatic N) is 4. The minimum atomic E-state index is -4.22. The van der Waals surface area contributed by atoms with E-state index < -0.39 is 11.7 Å². The average molecular weight is 496 g/mol. The first-order chi connectivity index (χ1) is 16.8. The van der Waals surface area contributed by atoms with Crippen LogP contribution in [0.25, 0.3) is 22.3 Å². The van der Waals surface area contributed by atoms with Gasteiger partial charge in [-0.15, -0.1) is 11.3 Å². The van der Waals surface area contributed by atoms with Crippen LogP contribution in [0.5, 0.6) is 5.75 Å². The van der Waals surface area contributed by atoms with Gasteiger partial charge in [-0.1, -0.05) is 18.2 Å². The maximum atomic E-state index is 12.0. The highest BCUT2D eigenvalue weighted by atomic mass is 32.1. The van der Waals surface area contributed by atoms with Crippen molar-refractivity contribution in [3.63, 3.8) is 0 Å². The maximum Gasteiger partial charge on any atom is 0.416 e. The molecule has 0 aliphatic heterocycles. The van der Waals surface area contributed by atoms with Gasteiger partial charge in [0.1, 0.15) is 11.6 Å². The summed E-state index contributed by atoms with van der Waals surface area (Å²) in [5.74, 6) is 2.05. The van der Waals surface area contributed by atoms with Gasteiger partial charge in [0.05, 0.1) is 18.2 Å². The molecule has 178 valence electrons. The van der Waals surface area contributed by atoms with Gasteiger partial charge >= 0.3 is 6.18 Å². The highest BCUT2D eigenvalue weighted by molar-refractivity contribution is 7.13. The molecule has 0 fully saturated rings. The van der Waals surface area contributed by atoms with Crippen LogP contribution in [0.15, 0.2) is 78.6 Å². The highest BCUT2D eigenvalue weighted by Crippen LogP contribution is 2.31. The number of alkyl halides is 3. The lowest BCUT2D eigenvalue weighted by atomic mass is 10.1. The van der Waals surface area contributed by atoms with E-state index in [4.69, 9.17) is 4.74 Å². The number of aryl methyl sites for hydroxylation is 1. The summed E-state index contributed by atoms with van der Waals surface area (Å²) in [6.45, 7) is 1.45. The fraction of sp³-hybridized carbons (Fsp3) is 0.120. The smallest absolute Gasteiger partial charge is 0.416 e. The lowest BCUT2D eigenvalue weighted by Gasteiger charge is -2.10. The summed E-state index contributed by atoms with van der Waals surface area (Å²) < 4.78 is 41.5. The monoisotopic (exact) mass is 495 g/mol. The van der Waals surface area contributed by atoms with Crippen molar-refractivity contribution in [2.24, 2.45) is 0 Å². The fourth-order valence-corrected chi connectivity index (χ4v) is 3.76. The molecule has 6 nitrogen and oxygen atoms in total.